The summed E-state index contributed by atoms with van der Waals surface area (Å²) in [5.41, 5.74) is 4.60. The molecule has 34 heavy (non-hydrogen) atoms. The number of carbonyl (C=O) groups excluding carboxylic acids is 1. The van der Waals surface area contributed by atoms with E-state index in [2.05, 4.69) is 15.2 Å². The zero-order chi connectivity index (χ0) is 24.7. The number of carbonyl (C=O) groups is 1. The van der Waals surface area contributed by atoms with Crippen molar-refractivity contribution in [3.63, 3.8) is 0 Å². The number of fused-ring (bicyclic) bond motifs is 1. The molecule has 6 atom stereocenters. The molecule has 2 fully saturated rings. The zero-order valence-electron chi connectivity index (χ0n) is 18.6. The maximum atomic E-state index is 12.4. The SMILES string of the molecule is C[C@H](N[P+](=O)OC[C@@]1(C#N)O[C@@H](c2ccc3c(N)ncnn23)[C@H](O)[C@@H]1O)C(=O)OCC1(C)CC1. The van der Waals surface area contributed by atoms with Crippen molar-refractivity contribution < 1.29 is 33.6 Å². The number of hydrogen-bond acceptors (Lipinski definition) is 11. The predicted molar refractivity (Wildman–Crippen MR) is 116 cm³/mol. The van der Waals surface area contributed by atoms with Gasteiger partial charge in [-0.25, -0.2) is 9.50 Å². The summed E-state index contributed by atoms with van der Waals surface area (Å²) in [7, 11) is -2.62. The van der Waals surface area contributed by atoms with Gasteiger partial charge in [-0.3, -0.25) is 4.79 Å². The second-order valence-electron chi connectivity index (χ2n) is 8.98. The standard InChI is InChI=1S/C20H26N6O7P/c1-11(18(29)31-8-19(2)5-6-19)25-34(30)32-9-20(7-21)16(28)14(27)15(33-20)12-3-4-13-17(22)23-10-24-26(12)13/h3-4,10-11,14-16,27-28H,5-6,8-9H2,1-2H3,(H,25,30)(H2,22,23,24)/q+1/t11-,14-,15-,16-,20+/m0/s1. The number of aliphatic hydroxyl groups is 2. The van der Waals surface area contributed by atoms with Crippen LogP contribution in [0.3, 0.4) is 0 Å². The summed E-state index contributed by atoms with van der Waals surface area (Å²) in [4.78, 5) is 16.0. The number of hydrogen-bond donors (Lipinski definition) is 4. The molecule has 3 heterocycles. The molecule has 1 saturated carbocycles. The first-order valence-corrected chi connectivity index (χ1v) is 11.8. The highest BCUT2D eigenvalue weighted by atomic mass is 31.1. The fourth-order valence-corrected chi connectivity index (χ4v) is 4.41. The van der Waals surface area contributed by atoms with Crippen LogP contribution >= 0.6 is 8.18 Å². The highest BCUT2D eigenvalue weighted by molar-refractivity contribution is 7.36. The predicted octanol–water partition coefficient (Wildman–Crippen LogP) is 0.362. The fraction of sp³-hybridized carbons (Fsp3) is 0.600. The Morgan fingerprint density at radius 2 is 2.21 bits per heavy atom. The number of anilines is 1. The number of aromatic nitrogens is 3. The Hall–Kier alpha value is -2.72. The van der Waals surface area contributed by atoms with Gasteiger partial charge in [-0.1, -0.05) is 12.0 Å². The van der Waals surface area contributed by atoms with E-state index in [1.165, 1.54) is 17.8 Å². The smallest absolute Gasteiger partial charge is 0.464 e. The van der Waals surface area contributed by atoms with Crippen molar-refractivity contribution in [3.05, 3.63) is 24.2 Å². The van der Waals surface area contributed by atoms with E-state index in [0.717, 1.165) is 12.8 Å². The van der Waals surface area contributed by atoms with Crippen LogP contribution in [-0.2, 0) is 23.4 Å². The molecular weight excluding hydrogens is 467 g/mol. The second kappa shape index (κ2) is 9.14. The van der Waals surface area contributed by atoms with E-state index in [0.29, 0.717) is 11.2 Å². The van der Waals surface area contributed by atoms with Gasteiger partial charge >= 0.3 is 14.1 Å². The lowest BCUT2D eigenvalue weighted by Gasteiger charge is -2.21. The molecule has 1 unspecified atom stereocenters. The van der Waals surface area contributed by atoms with Crippen LogP contribution in [0.4, 0.5) is 5.82 Å². The monoisotopic (exact) mass is 493 g/mol. The van der Waals surface area contributed by atoms with Crippen LogP contribution in [0.1, 0.15) is 38.5 Å². The molecule has 4 rings (SSSR count). The van der Waals surface area contributed by atoms with Gasteiger partial charge < -0.3 is 25.4 Å². The first kappa shape index (κ1) is 24.4. The largest absolute Gasteiger partial charge is 0.613 e. The molecular formula is C20H26N6O7P+. The average molecular weight is 493 g/mol. The topological polar surface area (TPSA) is 194 Å². The number of esters is 1. The molecule has 0 bridgehead atoms. The number of nitrogens with zero attached hydrogens (tertiary/aromatic N) is 4. The van der Waals surface area contributed by atoms with Gasteiger partial charge in [0.25, 0.3) is 0 Å². The molecule has 1 aliphatic heterocycles. The molecule has 2 aromatic heterocycles. The molecule has 2 aliphatic rings. The molecule has 5 N–H and O–H groups in total. The van der Waals surface area contributed by atoms with Crippen LogP contribution in [0.25, 0.3) is 5.52 Å². The highest BCUT2D eigenvalue weighted by Gasteiger charge is 2.57. The van der Waals surface area contributed by atoms with Crippen LogP contribution in [0.15, 0.2) is 18.5 Å². The summed E-state index contributed by atoms with van der Waals surface area (Å²) < 4.78 is 29.9. The van der Waals surface area contributed by atoms with Crippen LogP contribution in [0.2, 0.25) is 0 Å². The van der Waals surface area contributed by atoms with Crippen LogP contribution in [0, 0.1) is 16.7 Å². The van der Waals surface area contributed by atoms with E-state index in [-0.39, 0.29) is 17.8 Å². The van der Waals surface area contributed by atoms with Gasteiger partial charge in [0.1, 0.15) is 48.9 Å². The Labute approximate surface area is 195 Å². The first-order valence-electron chi connectivity index (χ1n) is 10.7. The van der Waals surface area contributed by atoms with Crippen molar-refractivity contribution in [2.24, 2.45) is 5.41 Å². The number of ether oxygens (including phenoxy) is 2. The normalized spacial score (nSPS) is 28.9. The number of nitrogens with two attached hydrogens (primary N) is 1. The fourth-order valence-electron chi connectivity index (χ4n) is 3.61. The number of nitrogen functional groups attached to an aromatic ring is 1. The van der Waals surface area contributed by atoms with Crippen molar-refractivity contribution in [2.45, 2.75) is 56.6 Å². The number of aliphatic hydroxyl groups excluding tert-OH is 2. The van der Waals surface area contributed by atoms with Gasteiger partial charge in [-0.15, -0.1) is 4.52 Å². The lowest BCUT2D eigenvalue weighted by molar-refractivity contribution is -0.146. The molecule has 14 heteroatoms. The van der Waals surface area contributed by atoms with E-state index in [9.17, 15) is 24.8 Å². The third-order valence-corrected chi connectivity index (χ3v) is 7.12. The summed E-state index contributed by atoms with van der Waals surface area (Å²) in [6.07, 6.45) is -1.15. The van der Waals surface area contributed by atoms with E-state index < -0.39 is 50.7 Å². The Morgan fingerprint density at radius 1 is 1.47 bits per heavy atom. The van der Waals surface area contributed by atoms with E-state index >= 15 is 0 Å². The van der Waals surface area contributed by atoms with Crippen LogP contribution in [0.5, 0.6) is 0 Å². The van der Waals surface area contributed by atoms with E-state index in [4.69, 9.17) is 19.7 Å². The van der Waals surface area contributed by atoms with Crippen LogP contribution < -0.4 is 10.8 Å². The Bertz CT molecular complexity index is 1150. The molecule has 182 valence electrons. The third kappa shape index (κ3) is 4.61. The minimum Gasteiger partial charge on any atom is -0.464 e. The quantitative estimate of drug-likeness (QED) is 0.277. The highest BCUT2D eigenvalue weighted by Crippen LogP contribution is 2.45. The van der Waals surface area contributed by atoms with E-state index in [1.54, 1.807) is 12.1 Å². The molecule has 0 amide bonds. The zero-order valence-corrected chi connectivity index (χ0v) is 19.5. The Balaban J connectivity index is 1.39. The summed E-state index contributed by atoms with van der Waals surface area (Å²) in [5, 5.41) is 37.5. The Morgan fingerprint density at radius 3 is 2.88 bits per heavy atom. The maximum Gasteiger partial charge on any atom is 0.613 e. The van der Waals surface area contributed by atoms with Crippen molar-refractivity contribution in [1.82, 2.24) is 19.7 Å². The van der Waals surface area contributed by atoms with Crippen molar-refractivity contribution in [2.75, 3.05) is 18.9 Å². The summed E-state index contributed by atoms with van der Waals surface area (Å²) in [6, 6.07) is 4.08. The summed E-state index contributed by atoms with van der Waals surface area (Å²) in [6.45, 7) is 3.13. The van der Waals surface area contributed by atoms with Gasteiger partial charge in [0.05, 0.1) is 12.3 Å². The minimum atomic E-state index is -2.62. The first-order chi connectivity index (χ1) is 16.1. The second-order valence-corrected chi connectivity index (χ2v) is 10.0. The van der Waals surface area contributed by atoms with Crippen LogP contribution in [-0.4, -0.2) is 67.8 Å². The summed E-state index contributed by atoms with van der Waals surface area (Å²) >= 11 is 0. The maximum absolute atomic E-state index is 12.4. The molecule has 0 aromatic carbocycles. The molecule has 0 spiro atoms. The van der Waals surface area contributed by atoms with Gasteiger partial charge in [-0.05, 0) is 36.5 Å². The third-order valence-electron chi connectivity index (χ3n) is 6.16. The number of nitriles is 1. The molecule has 1 saturated heterocycles. The van der Waals surface area contributed by atoms with Gasteiger partial charge in [0, 0.05) is 5.41 Å². The summed E-state index contributed by atoms with van der Waals surface area (Å²) in [5.74, 6) is -0.379. The van der Waals surface area contributed by atoms with Crippen molar-refractivity contribution >= 4 is 25.5 Å². The molecule has 1 aliphatic carbocycles. The van der Waals surface area contributed by atoms with Gasteiger partial charge in [0.15, 0.2) is 5.82 Å². The molecule has 13 nitrogen and oxygen atoms in total. The van der Waals surface area contributed by atoms with Gasteiger partial charge in [0.2, 0.25) is 5.60 Å². The van der Waals surface area contributed by atoms with Crippen molar-refractivity contribution in [3.8, 4) is 6.07 Å². The lowest BCUT2D eigenvalue weighted by atomic mass is 9.96. The number of rotatable bonds is 9. The minimum absolute atomic E-state index is 0.0175. The van der Waals surface area contributed by atoms with Gasteiger partial charge in [-0.2, -0.15) is 10.4 Å². The van der Waals surface area contributed by atoms with E-state index in [1.807, 2.05) is 13.0 Å². The average Bonchev–Trinajstić information content (AvgIpc) is 3.30. The number of nitrogens with one attached hydrogen (secondary N) is 1. The molecule has 2 aromatic rings. The van der Waals surface area contributed by atoms with Crippen molar-refractivity contribution in [1.29, 1.82) is 5.26 Å². The molecule has 0 radical (unpaired) electrons. The Kier molecular flexibility index (Phi) is 6.56. The lowest BCUT2D eigenvalue weighted by Crippen LogP contribution is -2.45.